The standard InChI is InChI=1S/C20H24N2O7S2/c1-28-19-8-7-17(31(26,27)22-10-12-29-13-11-22)15-18(19)21-20(23)9-14-30(24,25)16-5-3-2-4-6-16/h2-8,15H,9-14H2,1H3,(H,21,23). The monoisotopic (exact) mass is 468 g/mol. The van der Waals surface area contributed by atoms with E-state index in [0.717, 1.165) is 0 Å². The molecule has 1 heterocycles. The number of methoxy groups -OCH3 is 1. The van der Waals surface area contributed by atoms with Crippen LogP contribution in [0.4, 0.5) is 5.69 Å². The Morgan fingerprint density at radius 3 is 2.35 bits per heavy atom. The Hall–Kier alpha value is -2.47. The van der Waals surface area contributed by atoms with Gasteiger partial charge >= 0.3 is 0 Å². The van der Waals surface area contributed by atoms with Gasteiger partial charge in [-0.25, -0.2) is 16.8 Å². The molecule has 9 nitrogen and oxygen atoms in total. The molecule has 0 saturated carbocycles. The first-order valence-corrected chi connectivity index (χ1v) is 12.7. The second-order valence-electron chi connectivity index (χ2n) is 6.81. The number of sulfonamides is 1. The van der Waals surface area contributed by atoms with Crippen molar-refractivity contribution in [1.29, 1.82) is 0 Å². The van der Waals surface area contributed by atoms with Crippen LogP contribution in [-0.4, -0.2) is 66.2 Å². The minimum absolute atomic E-state index is 0.00223. The normalized spacial score (nSPS) is 15.4. The fourth-order valence-electron chi connectivity index (χ4n) is 3.07. The summed E-state index contributed by atoms with van der Waals surface area (Å²) in [6.07, 6.45) is -0.291. The average Bonchev–Trinajstić information content (AvgIpc) is 2.79. The number of carbonyl (C=O) groups is 1. The highest BCUT2D eigenvalue weighted by molar-refractivity contribution is 7.91. The lowest BCUT2D eigenvalue weighted by Crippen LogP contribution is -2.40. The third kappa shape index (κ3) is 5.62. The molecule has 2 aromatic rings. The van der Waals surface area contributed by atoms with Crippen LogP contribution in [0.2, 0.25) is 0 Å². The van der Waals surface area contributed by atoms with Crippen LogP contribution < -0.4 is 10.1 Å². The lowest BCUT2D eigenvalue weighted by molar-refractivity contribution is -0.115. The van der Waals surface area contributed by atoms with Crippen molar-refractivity contribution < 1.29 is 31.1 Å². The van der Waals surface area contributed by atoms with Crippen LogP contribution >= 0.6 is 0 Å². The summed E-state index contributed by atoms with van der Waals surface area (Å²) in [7, 11) is -5.99. The second-order valence-corrected chi connectivity index (χ2v) is 10.9. The van der Waals surface area contributed by atoms with Crippen LogP contribution in [0.15, 0.2) is 58.3 Å². The zero-order valence-electron chi connectivity index (χ0n) is 17.0. The fraction of sp³-hybridized carbons (Fsp3) is 0.350. The van der Waals surface area contributed by atoms with Gasteiger partial charge in [-0.15, -0.1) is 0 Å². The van der Waals surface area contributed by atoms with Gasteiger partial charge in [0.15, 0.2) is 9.84 Å². The molecule has 0 radical (unpaired) electrons. The SMILES string of the molecule is COc1ccc(S(=O)(=O)N2CCOCC2)cc1NC(=O)CCS(=O)(=O)c1ccccc1. The molecule has 31 heavy (non-hydrogen) atoms. The van der Waals surface area contributed by atoms with E-state index in [-0.39, 0.29) is 46.5 Å². The van der Waals surface area contributed by atoms with Gasteiger partial charge in [0.2, 0.25) is 15.9 Å². The van der Waals surface area contributed by atoms with Crippen molar-refractivity contribution in [2.24, 2.45) is 0 Å². The van der Waals surface area contributed by atoms with Crippen molar-refractivity contribution in [2.75, 3.05) is 44.5 Å². The highest BCUT2D eigenvalue weighted by atomic mass is 32.2. The Kier molecular flexibility index (Phi) is 7.31. The molecule has 1 aliphatic heterocycles. The van der Waals surface area contributed by atoms with Gasteiger partial charge in [0, 0.05) is 19.5 Å². The summed E-state index contributed by atoms with van der Waals surface area (Å²) in [5.41, 5.74) is 0.152. The molecule has 1 amide bonds. The van der Waals surface area contributed by atoms with E-state index >= 15 is 0 Å². The smallest absolute Gasteiger partial charge is 0.243 e. The van der Waals surface area contributed by atoms with E-state index in [1.54, 1.807) is 18.2 Å². The number of hydrogen-bond donors (Lipinski definition) is 1. The maximum absolute atomic E-state index is 12.9. The van der Waals surface area contributed by atoms with E-state index in [4.69, 9.17) is 9.47 Å². The zero-order chi connectivity index (χ0) is 22.5. The summed E-state index contributed by atoms with van der Waals surface area (Å²) in [6.45, 7) is 1.12. The molecule has 2 aromatic carbocycles. The average molecular weight is 469 g/mol. The summed E-state index contributed by atoms with van der Waals surface area (Å²) < 4.78 is 62.2. The van der Waals surface area contributed by atoms with Crippen LogP contribution in [-0.2, 0) is 29.4 Å². The number of rotatable bonds is 8. The van der Waals surface area contributed by atoms with E-state index in [1.165, 1.54) is 41.7 Å². The molecule has 1 saturated heterocycles. The number of morpholine rings is 1. The van der Waals surface area contributed by atoms with Gasteiger partial charge in [0.05, 0.1) is 41.6 Å². The van der Waals surface area contributed by atoms with Crippen molar-refractivity contribution in [2.45, 2.75) is 16.2 Å². The maximum atomic E-state index is 12.9. The molecular formula is C20H24N2O7S2. The molecule has 11 heteroatoms. The predicted octanol–water partition coefficient (Wildman–Crippen LogP) is 1.52. The van der Waals surface area contributed by atoms with Gasteiger partial charge in [-0.05, 0) is 30.3 Å². The van der Waals surface area contributed by atoms with E-state index < -0.39 is 25.8 Å². The van der Waals surface area contributed by atoms with E-state index in [2.05, 4.69) is 5.32 Å². The first-order chi connectivity index (χ1) is 14.7. The predicted molar refractivity (Wildman–Crippen MR) is 114 cm³/mol. The molecule has 1 fully saturated rings. The first-order valence-electron chi connectivity index (χ1n) is 9.57. The third-order valence-corrected chi connectivity index (χ3v) is 8.38. The summed E-state index contributed by atoms with van der Waals surface area (Å²) in [5, 5.41) is 2.56. The highest BCUT2D eigenvalue weighted by Gasteiger charge is 2.27. The second kappa shape index (κ2) is 9.77. The van der Waals surface area contributed by atoms with E-state index in [0.29, 0.717) is 13.2 Å². The number of nitrogens with one attached hydrogen (secondary N) is 1. The summed E-state index contributed by atoms with van der Waals surface area (Å²) >= 11 is 0. The highest BCUT2D eigenvalue weighted by Crippen LogP contribution is 2.29. The maximum Gasteiger partial charge on any atom is 0.243 e. The topological polar surface area (TPSA) is 119 Å². The van der Waals surface area contributed by atoms with Gasteiger partial charge in [-0.1, -0.05) is 18.2 Å². The Bertz CT molecular complexity index is 1130. The van der Waals surface area contributed by atoms with Crippen molar-refractivity contribution in [3.63, 3.8) is 0 Å². The van der Waals surface area contributed by atoms with Crippen molar-refractivity contribution in [3.05, 3.63) is 48.5 Å². The molecule has 1 N–H and O–H groups in total. The summed E-state index contributed by atoms with van der Waals surface area (Å²) in [6, 6.07) is 12.0. The molecule has 0 unspecified atom stereocenters. The number of carbonyl (C=O) groups excluding carboxylic acids is 1. The Labute approximate surface area is 181 Å². The first kappa shape index (κ1) is 23.2. The van der Waals surface area contributed by atoms with Crippen LogP contribution in [0.25, 0.3) is 0 Å². The summed E-state index contributed by atoms with van der Waals surface area (Å²) in [4.78, 5) is 12.6. The van der Waals surface area contributed by atoms with Crippen LogP contribution in [0.3, 0.4) is 0 Å². The Balaban J connectivity index is 1.74. The Morgan fingerprint density at radius 1 is 1.03 bits per heavy atom. The largest absolute Gasteiger partial charge is 0.495 e. The quantitative estimate of drug-likeness (QED) is 0.624. The van der Waals surface area contributed by atoms with Gasteiger partial charge in [-0.2, -0.15) is 4.31 Å². The molecular weight excluding hydrogens is 444 g/mol. The van der Waals surface area contributed by atoms with E-state index in [9.17, 15) is 21.6 Å². The Morgan fingerprint density at radius 2 is 1.71 bits per heavy atom. The molecule has 0 bridgehead atoms. The van der Waals surface area contributed by atoms with Crippen molar-refractivity contribution in [1.82, 2.24) is 4.31 Å². The van der Waals surface area contributed by atoms with Crippen molar-refractivity contribution >= 4 is 31.5 Å². The number of nitrogens with zero attached hydrogens (tertiary/aromatic N) is 1. The number of anilines is 1. The third-order valence-electron chi connectivity index (χ3n) is 4.75. The number of benzene rings is 2. The van der Waals surface area contributed by atoms with Gasteiger partial charge in [0.25, 0.3) is 0 Å². The number of ether oxygens (including phenoxy) is 2. The molecule has 3 rings (SSSR count). The van der Waals surface area contributed by atoms with Gasteiger partial charge < -0.3 is 14.8 Å². The minimum atomic E-state index is -3.77. The number of sulfone groups is 1. The lowest BCUT2D eigenvalue weighted by Gasteiger charge is -2.26. The zero-order valence-corrected chi connectivity index (χ0v) is 18.6. The molecule has 0 spiro atoms. The fourth-order valence-corrected chi connectivity index (χ4v) is 5.76. The number of amides is 1. The number of hydrogen-bond acceptors (Lipinski definition) is 7. The molecule has 1 aliphatic rings. The van der Waals surface area contributed by atoms with Crippen LogP contribution in [0, 0.1) is 0 Å². The van der Waals surface area contributed by atoms with Crippen LogP contribution in [0.5, 0.6) is 5.75 Å². The summed E-state index contributed by atoms with van der Waals surface area (Å²) in [5.74, 6) is -0.685. The van der Waals surface area contributed by atoms with Crippen molar-refractivity contribution in [3.8, 4) is 5.75 Å². The van der Waals surface area contributed by atoms with E-state index in [1.807, 2.05) is 0 Å². The van der Waals surface area contributed by atoms with Gasteiger partial charge in [0.1, 0.15) is 5.75 Å². The molecule has 0 aromatic heterocycles. The lowest BCUT2D eigenvalue weighted by atomic mass is 10.3. The van der Waals surface area contributed by atoms with Gasteiger partial charge in [-0.3, -0.25) is 4.79 Å². The minimum Gasteiger partial charge on any atom is -0.495 e. The molecule has 0 aliphatic carbocycles. The van der Waals surface area contributed by atoms with Crippen LogP contribution in [0.1, 0.15) is 6.42 Å². The molecule has 0 atom stereocenters. The molecule has 168 valence electrons.